The molecule has 5 nitrogen and oxygen atoms in total. The highest BCUT2D eigenvalue weighted by Gasteiger charge is 2.25. The zero-order valence-electron chi connectivity index (χ0n) is 10.4. The molecular weight excluding hydrogens is 262 g/mol. The Bertz CT molecular complexity index is 694. The number of hydrogen-bond donors (Lipinski definition) is 1. The Balaban J connectivity index is 1.93. The van der Waals surface area contributed by atoms with Gasteiger partial charge in [-0.25, -0.2) is 13.4 Å². The lowest BCUT2D eigenvalue weighted by atomic mass is 10.3. The lowest BCUT2D eigenvalue weighted by Crippen LogP contribution is -2.30. The molecule has 1 aromatic carbocycles. The van der Waals surface area contributed by atoms with E-state index in [9.17, 15) is 8.42 Å². The molecule has 0 saturated carbocycles. The average Bonchev–Trinajstić information content (AvgIpc) is 2.90. The smallest absolute Gasteiger partial charge is 0.198 e. The third-order valence-electron chi connectivity index (χ3n) is 3.33. The van der Waals surface area contributed by atoms with Crippen LogP contribution in [0.2, 0.25) is 0 Å². The van der Waals surface area contributed by atoms with Crippen molar-refractivity contribution in [3.8, 4) is 0 Å². The Morgan fingerprint density at radius 2 is 2.05 bits per heavy atom. The predicted molar refractivity (Wildman–Crippen MR) is 72.6 cm³/mol. The molecule has 0 unspecified atom stereocenters. The van der Waals surface area contributed by atoms with Gasteiger partial charge in [0.15, 0.2) is 14.9 Å². The van der Waals surface area contributed by atoms with Crippen LogP contribution in [0.25, 0.3) is 11.0 Å². The molecule has 3 rings (SSSR count). The normalized spacial score (nSPS) is 19.9. The molecule has 0 spiro atoms. The second-order valence-electron chi connectivity index (χ2n) is 4.77. The van der Waals surface area contributed by atoms with Crippen molar-refractivity contribution in [2.75, 3.05) is 12.3 Å². The highest BCUT2D eigenvalue weighted by atomic mass is 32.2. The highest BCUT2D eigenvalue weighted by molar-refractivity contribution is 7.91. The van der Waals surface area contributed by atoms with Crippen molar-refractivity contribution in [2.45, 2.75) is 23.9 Å². The molecule has 6 heteroatoms. The third-order valence-corrected chi connectivity index (χ3v) is 5.00. The van der Waals surface area contributed by atoms with Crippen LogP contribution < -0.4 is 5.32 Å². The quantitative estimate of drug-likeness (QED) is 0.911. The number of hydrogen-bond acceptors (Lipinski definition) is 5. The van der Waals surface area contributed by atoms with Crippen LogP contribution in [0.4, 0.5) is 0 Å². The summed E-state index contributed by atoms with van der Waals surface area (Å²) in [6.45, 7) is 0.892. The van der Waals surface area contributed by atoms with E-state index >= 15 is 0 Å². The lowest BCUT2D eigenvalue weighted by molar-refractivity contribution is 0.573. The second kappa shape index (κ2) is 4.86. The van der Waals surface area contributed by atoms with Crippen LogP contribution in [-0.2, 0) is 9.84 Å². The maximum Gasteiger partial charge on any atom is 0.198 e. The molecule has 1 atom stereocenters. The highest BCUT2D eigenvalue weighted by Crippen LogP contribution is 2.16. The number of fused-ring (bicyclic) bond motifs is 1. The van der Waals surface area contributed by atoms with Crippen LogP contribution in [0.3, 0.4) is 0 Å². The van der Waals surface area contributed by atoms with Crippen molar-refractivity contribution in [2.24, 2.45) is 0 Å². The van der Waals surface area contributed by atoms with Crippen LogP contribution in [-0.4, -0.2) is 36.7 Å². The lowest BCUT2D eigenvalue weighted by Gasteiger charge is -2.10. The number of rotatable bonds is 3. The minimum atomic E-state index is -3.37. The van der Waals surface area contributed by atoms with E-state index in [2.05, 4.69) is 15.3 Å². The molecule has 1 aliphatic rings. The third kappa shape index (κ3) is 2.59. The molecule has 2 heterocycles. The Morgan fingerprint density at radius 1 is 1.26 bits per heavy atom. The number of nitrogens with one attached hydrogen (secondary N) is 1. The van der Waals surface area contributed by atoms with E-state index in [1.54, 1.807) is 6.07 Å². The van der Waals surface area contributed by atoms with E-state index in [0.717, 1.165) is 19.4 Å². The average molecular weight is 277 g/mol. The molecule has 0 aliphatic carbocycles. The predicted octanol–water partition coefficient (Wildman–Crippen LogP) is 1.16. The summed E-state index contributed by atoms with van der Waals surface area (Å²) >= 11 is 0. The van der Waals surface area contributed by atoms with E-state index in [1.807, 2.05) is 18.2 Å². The monoisotopic (exact) mass is 277 g/mol. The number of sulfone groups is 1. The van der Waals surface area contributed by atoms with E-state index < -0.39 is 9.84 Å². The fraction of sp³-hybridized carbons (Fsp3) is 0.385. The zero-order valence-corrected chi connectivity index (χ0v) is 11.2. The van der Waals surface area contributed by atoms with Gasteiger partial charge in [0.05, 0.1) is 23.0 Å². The largest absolute Gasteiger partial charge is 0.313 e. The van der Waals surface area contributed by atoms with Gasteiger partial charge in [-0.2, -0.15) is 0 Å². The molecule has 1 fully saturated rings. The van der Waals surface area contributed by atoms with Gasteiger partial charge in [0.25, 0.3) is 0 Å². The Labute approximate surface area is 112 Å². The molecule has 0 bridgehead atoms. The number of para-hydroxylation sites is 2. The van der Waals surface area contributed by atoms with Crippen LogP contribution >= 0.6 is 0 Å². The van der Waals surface area contributed by atoms with Gasteiger partial charge < -0.3 is 5.32 Å². The SMILES string of the molecule is O=S(=O)(C[C@@H]1CCCN1)c1cnc2ccccc2n1. The van der Waals surface area contributed by atoms with Gasteiger partial charge in [0.2, 0.25) is 0 Å². The van der Waals surface area contributed by atoms with Crippen molar-refractivity contribution >= 4 is 20.9 Å². The standard InChI is InChI=1S/C13H15N3O2S/c17-19(18,9-10-4-3-7-14-10)13-8-15-11-5-1-2-6-12(11)16-13/h1-2,5-6,8,10,14H,3-4,7,9H2/t10-/m0/s1. The molecule has 1 aromatic heterocycles. The Kier molecular flexibility index (Phi) is 3.20. The van der Waals surface area contributed by atoms with Gasteiger partial charge in [0, 0.05) is 6.04 Å². The summed E-state index contributed by atoms with van der Waals surface area (Å²) in [5.41, 5.74) is 1.32. The van der Waals surface area contributed by atoms with E-state index in [0.29, 0.717) is 11.0 Å². The van der Waals surface area contributed by atoms with Crippen molar-refractivity contribution in [3.63, 3.8) is 0 Å². The molecular formula is C13H15N3O2S. The first-order valence-electron chi connectivity index (χ1n) is 6.33. The number of aromatic nitrogens is 2. The molecule has 19 heavy (non-hydrogen) atoms. The van der Waals surface area contributed by atoms with E-state index in [-0.39, 0.29) is 16.8 Å². The topological polar surface area (TPSA) is 72.0 Å². The fourth-order valence-corrected chi connectivity index (χ4v) is 3.78. The Hall–Kier alpha value is -1.53. The summed E-state index contributed by atoms with van der Waals surface area (Å²) in [5.74, 6) is 0.0972. The summed E-state index contributed by atoms with van der Waals surface area (Å²) in [5, 5.41) is 3.26. The number of nitrogens with zero attached hydrogens (tertiary/aromatic N) is 2. The fourth-order valence-electron chi connectivity index (χ4n) is 2.34. The van der Waals surface area contributed by atoms with Gasteiger partial charge in [-0.05, 0) is 31.5 Å². The van der Waals surface area contributed by atoms with Crippen molar-refractivity contribution in [1.82, 2.24) is 15.3 Å². The molecule has 0 amide bonds. The molecule has 2 aromatic rings. The maximum absolute atomic E-state index is 12.3. The summed E-state index contributed by atoms with van der Waals surface area (Å²) in [6, 6.07) is 7.31. The number of benzene rings is 1. The summed E-state index contributed by atoms with van der Waals surface area (Å²) < 4.78 is 24.6. The van der Waals surface area contributed by atoms with Crippen LogP contribution in [0.1, 0.15) is 12.8 Å². The van der Waals surface area contributed by atoms with Gasteiger partial charge in [-0.1, -0.05) is 12.1 Å². The zero-order chi connectivity index (χ0) is 13.3. The first kappa shape index (κ1) is 12.5. The van der Waals surface area contributed by atoms with Crippen molar-refractivity contribution < 1.29 is 8.42 Å². The van der Waals surface area contributed by atoms with Crippen molar-refractivity contribution in [3.05, 3.63) is 30.5 Å². The summed E-state index contributed by atoms with van der Waals surface area (Å²) in [6.07, 6.45) is 3.29. The van der Waals surface area contributed by atoms with Gasteiger partial charge in [-0.3, -0.25) is 4.98 Å². The first-order chi connectivity index (χ1) is 9.15. The van der Waals surface area contributed by atoms with Crippen LogP contribution in [0.15, 0.2) is 35.5 Å². The van der Waals surface area contributed by atoms with Crippen LogP contribution in [0, 0.1) is 0 Å². The van der Waals surface area contributed by atoms with Crippen molar-refractivity contribution in [1.29, 1.82) is 0 Å². The van der Waals surface area contributed by atoms with Crippen LogP contribution in [0.5, 0.6) is 0 Å². The Morgan fingerprint density at radius 3 is 2.79 bits per heavy atom. The van der Waals surface area contributed by atoms with Gasteiger partial charge in [-0.15, -0.1) is 0 Å². The molecule has 1 N–H and O–H groups in total. The molecule has 100 valence electrons. The van der Waals surface area contributed by atoms with Gasteiger partial charge >= 0.3 is 0 Å². The van der Waals surface area contributed by atoms with E-state index in [4.69, 9.17) is 0 Å². The minimum absolute atomic E-state index is 0.0401. The molecule has 1 saturated heterocycles. The minimum Gasteiger partial charge on any atom is -0.313 e. The second-order valence-corrected chi connectivity index (χ2v) is 6.75. The summed E-state index contributed by atoms with van der Waals surface area (Å²) in [4.78, 5) is 8.37. The molecule has 1 aliphatic heterocycles. The maximum atomic E-state index is 12.3. The van der Waals surface area contributed by atoms with Gasteiger partial charge in [0.1, 0.15) is 0 Å². The molecule has 0 radical (unpaired) electrons. The summed E-state index contributed by atoms with van der Waals surface area (Å²) in [7, 11) is -3.37. The van der Waals surface area contributed by atoms with E-state index in [1.165, 1.54) is 6.20 Å². The first-order valence-corrected chi connectivity index (χ1v) is 7.98.